The Morgan fingerprint density at radius 3 is 0.946 bits per heavy atom. The molecule has 0 unspecified atom stereocenters. The first-order valence-electron chi connectivity index (χ1n) is 13.1. The Morgan fingerprint density at radius 2 is 0.730 bits per heavy atom. The second-order valence-corrected chi connectivity index (χ2v) is 9.19. The van der Waals surface area contributed by atoms with Gasteiger partial charge >= 0.3 is 0 Å². The molecule has 0 bridgehead atoms. The highest BCUT2D eigenvalue weighted by Gasteiger charge is 2.18. The van der Waals surface area contributed by atoms with E-state index in [1.54, 1.807) is 0 Å². The van der Waals surface area contributed by atoms with Crippen LogP contribution in [-0.4, -0.2) is 17.7 Å². The van der Waals surface area contributed by atoms with Gasteiger partial charge in [0, 0.05) is 42.2 Å². The standard InChI is InChI=1S/C31H37N3O3/c1-4-7-28(35)32-25-16-10-22(11-17-25)31(23-12-18-26(19-13-23)33-29(36)8-5-2)24-14-20-27(21-15-24)34-30(37)9-6-3/h10-21,31H,4-9H2,1-3H3,(H,32,35)(H,33,36)(H,34,37). The summed E-state index contributed by atoms with van der Waals surface area (Å²) < 4.78 is 0. The Kier molecular flexibility index (Phi) is 10.4. The number of carbonyl (C=O) groups is 3. The van der Waals surface area contributed by atoms with Crippen LogP contribution >= 0.6 is 0 Å². The van der Waals surface area contributed by atoms with Gasteiger partial charge in [0.15, 0.2) is 0 Å². The number of hydrogen-bond donors (Lipinski definition) is 3. The van der Waals surface area contributed by atoms with Crippen molar-refractivity contribution >= 4 is 34.8 Å². The molecule has 37 heavy (non-hydrogen) atoms. The fraction of sp³-hybridized carbons (Fsp3) is 0.323. The maximum Gasteiger partial charge on any atom is 0.224 e. The lowest BCUT2D eigenvalue weighted by Crippen LogP contribution is -2.12. The predicted octanol–water partition coefficient (Wildman–Crippen LogP) is 7.08. The van der Waals surface area contributed by atoms with Crippen LogP contribution in [-0.2, 0) is 14.4 Å². The molecule has 0 saturated carbocycles. The molecule has 3 amide bonds. The Morgan fingerprint density at radius 1 is 0.486 bits per heavy atom. The van der Waals surface area contributed by atoms with Crippen molar-refractivity contribution in [3.8, 4) is 0 Å². The van der Waals surface area contributed by atoms with Crippen molar-refractivity contribution in [3.05, 3.63) is 89.5 Å². The van der Waals surface area contributed by atoms with E-state index in [-0.39, 0.29) is 23.6 Å². The third-order valence-corrected chi connectivity index (χ3v) is 6.01. The second-order valence-electron chi connectivity index (χ2n) is 9.19. The van der Waals surface area contributed by atoms with Gasteiger partial charge in [-0.05, 0) is 72.4 Å². The first kappa shape index (κ1) is 27.7. The molecule has 3 rings (SSSR count). The van der Waals surface area contributed by atoms with Crippen molar-refractivity contribution in [1.29, 1.82) is 0 Å². The van der Waals surface area contributed by atoms with Crippen LogP contribution in [0, 0.1) is 0 Å². The number of nitrogens with one attached hydrogen (secondary N) is 3. The summed E-state index contributed by atoms with van der Waals surface area (Å²) in [4.78, 5) is 36.0. The Balaban J connectivity index is 1.89. The molecule has 6 nitrogen and oxygen atoms in total. The predicted molar refractivity (Wildman–Crippen MR) is 151 cm³/mol. The van der Waals surface area contributed by atoms with Gasteiger partial charge in [-0.2, -0.15) is 0 Å². The van der Waals surface area contributed by atoms with Gasteiger partial charge in [-0.1, -0.05) is 57.2 Å². The lowest BCUT2D eigenvalue weighted by atomic mass is 9.85. The summed E-state index contributed by atoms with van der Waals surface area (Å²) in [6.45, 7) is 5.94. The third kappa shape index (κ3) is 8.31. The van der Waals surface area contributed by atoms with Crippen molar-refractivity contribution in [2.24, 2.45) is 0 Å². The SMILES string of the molecule is CCCC(=O)Nc1ccc(C(c2ccc(NC(=O)CCC)cc2)c2ccc(NC(=O)CCC)cc2)cc1. The minimum Gasteiger partial charge on any atom is -0.326 e. The van der Waals surface area contributed by atoms with Gasteiger partial charge in [-0.15, -0.1) is 0 Å². The highest BCUT2D eigenvalue weighted by atomic mass is 16.2. The van der Waals surface area contributed by atoms with E-state index < -0.39 is 0 Å². The summed E-state index contributed by atoms with van der Waals surface area (Å²) in [7, 11) is 0. The van der Waals surface area contributed by atoms with Crippen LogP contribution in [0.5, 0.6) is 0 Å². The van der Waals surface area contributed by atoms with Gasteiger partial charge in [0.05, 0.1) is 0 Å². The van der Waals surface area contributed by atoms with Crippen LogP contribution in [0.15, 0.2) is 72.8 Å². The molecule has 0 heterocycles. The molecule has 0 aliphatic heterocycles. The molecule has 3 N–H and O–H groups in total. The van der Waals surface area contributed by atoms with Crippen LogP contribution in [0.3, 0.4) is 0 Å². The van der Waals surface area contributed by atoms with Crippen LogP contribution in [0.4, 0.5) is 17.1 Å². The normalized spacial score (nSPS) is 10.7. The molecule has 0 atom stereocenters. The molecular weight excluding hydrogens is 462 g/mol. The average molecular weight is 500 g/mol. The van der Waals surface area contributed by atoms with E-state index in [2.05, 4.69) is 16.0 Å². The van der Waals surface area contributed by atoms with Crippen LogP contribution in [0.1, 0.15) is 81.9 Å². The third-order valence-electron chi connectivity index (χ3n) is 6.01. The Hall–Kier alpha value is -3.93. The van der Waals surface area contributed by atoms with Crippen molar-refractivity contribution in [3.63, 3.8) is 0 Å². The van der Waals surface area contributed by atoms with Gasteiger partial charge in [0.25, 0.3) is 0 Å². The lowest BCUT2D eigenvalue weighted by molar-refractivity contribution is -0.117. The number of benzene rings is 3. The largest absolute Gasteiger partial charge is 0.326 e. The molecule has 0 aliphatic carbocycles. The van der Waals surface area contributed by atoms with E-state index in [1.165, 1.54) is 0 Å². The molecule has 0 aromatic heterocycles. The van der Waals surface area contributed by atoms with Crippen LogP contribution in [0.2, 0.25) is 0 Å². The minimum atomic E-state index is -0.0684. The maximum absolute atomic E-state index is 12.0. The second kappa shape index (κ2) is 14.0. The molecule has 0 saturated heterocycles. The number of amides is 3. The summed E-state index contributed by atoms with van der Waals surface area (Å²) in [5.74, 6) is -0.0455. The number of hydrogen-bond acceptors (Lipinski definition) is 3. The van der Waals surface area contributed by atoms with E-state index in [9.17, 15) is 14.4 Å². The van der Waals surface area contributed by atoms with E-state index in [0.717, 1.165) is 53.0 Å². The van der Waals surface area contributed by atoms with Crippen LogP contribution < -0.4 is 16.0 Å². The topological polar surface area (TPSA) is 87.3 Å². The van der Waals surface area contributed by atoms with Gasteiger partial charge in [0.1, 0.15) is 0 Å². The number of anilines is 3. The summed E-state index contributed by atoms with van der Waals surface area (Å²) >= 11 is 0. The summed E-state index contributed by atoms with van der Waals surface area (Å²) in [6.07, 6.45) is 3.88. The lowest BCUT2D eigenvalue weighted by Gasteiger charge is -2.20. The average Bonchev–Trinajstić information content (AvgIpc) is 2.88. The summed E-state index contributed by atoms with van der Waals surface area (Å²) in [5, 5.41) is 8.82. The van der Waals surface area contributed by atoms with Crippen molar-refractivity contribution in [1.82, 2.24) is 0 Å². The van der Waals surface area contributed by atoms with Crippen molar-refractivity contribution < 1.29 is 14.4 Å². The molecular formula is C31H37N3O3. The zero-order valence-corrected chi connectivity index (χ0v) is 22.0. The maximum atomic E-state index is 12.0. The quantitative estimate of drug-likeness (QED) is 0.233. The van der Waals surface area contributed by atoms with Gasteiger partial charge in [-0.25, -0.2) is 0 Å². The fourth-order valence-corrected chi connectivity index (χ4v) is 4.21. The monoisotopic (exact) mass is 499 g/mol. The molecule has 6 heteroatoms. The first-order valence-corrected chi connectivity index (χ1v) is 13.1. The van der Waals surface area contributed by atoms with E-state index >= 15 is 0 Å². The molecule has 0 spiro atoms. The van der Waals surface area contributed by atoms with Crippen LogP contribution in [0.25, 0.3) is 0 Å². The smallest absolute Gasteiger partial charge is 0.224 e. The highest BCUT2D eigenvalue weighted by molar-refractivity contribution is 5.91. The number of carbonyl (C=O) groups excluding carboxylic acids is 3. The summed E-state index contributed by atoms with van der Waals surface area (Å²) in [5.41, 5.74) is 5.51. The minimum absolute atomic E-state index is 0.00761. The van der Waals surface area contributed by atoms with Gasteiger partial charge in [-0.3, -0.25) is 14.4 Å². The van der Waals surface area contributed by atoms with E-state index in [1.807, 2.05) is 93.6 Å². The van der Waals surface area contributed by atoms with Crippen molar-refractivity contribution in [2.75, 3.05) is 16.0 Å². The Labute approximate surface area is 219 Å². The zero-order chi connectivity index (χ0) is 26.6. The van der Waals surface area contributed by atoms with Gasteiger partial charge < -0.3 is 16.0 Å². The summed E-state index contributed by atoms with van der Waals surface area (Å²) in [6, 6.07) is 23.7. The first-order chi connectivity index (χ1) is 17.9. The fourth-order valence-electron chi connectivity index (χ4n) is 4.21. The molecule has 3 aromatic carbocycles. The van der Waals surface area contributed by atoms with E-state index in [0.29, 0.717) is 19.3 Å². The molecule has 0 aliphatic rings. The highest BCUT2D eigenvalue weighted by Crippen LogP contribution is 2.34. The molecule has 194 valence electrons. The number of rotatable bonds is 12. The molecule has 0 radical (unpaired) electrons. The van der Waals surface area contributed by atoms with Crippen molar-refractivity contribution in [2.45, 2.75) is 65.2 Å². The van der Waals surface area contributed by atoms with Gasteiger partial charge in [0.2, 0.25) is 17.7 Å². The zero-order valence-electron chi connectivity index (χ0n) is 22.0. The molecule has 3 aromatic rings. The molecule has 0 fully saturated rings. The van der Waals surface area contributed by atoms with E-state index in [4.69, 9.17) is 0 Å². The Bertz CT molecular complexity index is 1020.